The number of rotatable bonds is 4. The van der Waals surface area contributed by atoms with Crippen LogP contribution in [0.3, 0.4) is 0 Å². The molecule has 6 rings (SSSR count). The summed E-state index contributed by atoms with van der Waals surface area (Å²) in [4.78, 5) is 26.0. The van der Waals surface area contributed by atoms with E-state index in [1.165, 1.54) is 12.0 Å². The molecule has 1 heterocycles. The number of carbonyl (C=O) groups excluding carboxylic acids is 2. The highest BCUT2D eigenvalue weighted by atomic mass is 79.9. The molecule has 4 aliphatic rings. The Hall–Kier alpha value is -2.28. The fraction of sp³-hybridized carbons (Fsp3) is 0.500. The van der Waals surface area contributed by atoms with Crippen LogP contribution in [0.15, 0.2) is 41.0 Å². The second kappa shape index (κ2) is 7.40. The van der Waals surface area contributed by atoms with Crippen molar-refractivity contribution >= 4 is 27.7 Å². The number of aromatic nitrogens is 1. The van der Waals surface area contributed by atoms with E-state index >= 15 is 0 Å². The predicted octanol–water partition coefficient (Wildman–Crippen LogP) is 4.10. The minimum Gasteiger partial charge on any atom is -0.497 e. The first-order valence-corrected chi connectivity index (χ1v) is 11.7. The van der Waals surface area contributed by atoms with E-state index in [0.717, 1.165) is 42.3 Å². The largest absolute Gasteiger partial charge is 0.497 e. The van der Waals surface area contributed by atoms with Crippen LogP contribution >= 0.6 is 15.9 Å². The van der Waals surface area contributed by atoms with Gasteiger partial charge in [-0.1, -0.05) is 12.1 Å². The number of benzene rings is 1. The molecular formula is C24H28BrN3O3. The third kappa shape index (κ3) is 3.47. The molecule has 0 radical (unpaired) electrons. The predicted molar refractivity (Wildman–Crippen MR) is 121 cm³/mol. The highest BCUT2D eigenvalue weighted by Crippen LogP contribution is 2.65. The van der Waals surface area contributed by atoms with Crippen molar-refractivity contribution in [3.05, 3.63) is 52.3 Å². The maximum Gasteiger partial charge on any atom is 0.286 e. The molecule has 2 N–H and O–H groups in total. The second-order valence-corrected chi connectivity index (χ2v) is 10.7. The van der Waals surface area contributed by atoms with Crippen LogP contribution in [0, 0.1) is 17.3 Å². The van der Waals surface area contributed by atoms with E-state index in [4.69, 9.17) is 4.74 Å². The minimum atomic E-state index is -0.411. The first-order valence-electron chi connectivity index (χ1n) is 10.9. The number of hydrazine groups is 1. The smallest absolute Gasteiger partial charge is 0.286 e. The lowest BCUT2D eigenvalue weighted by Crippen LogP contribution is -2.60. The number of hydrogen-bond acceptors (Lipinski definition) is 3. The molecular weight excluding hydrogens is 458 g/mol. The number of nitrogens with one attached hydrogen (secondary N) is 2. The summed E-state index contributed by atoms with van der Waals surface area (Å²) in [5, 5.41) is 0. The van der Waals surface area contributed by atoms with Gasteiger partial charge in [-0.05, 0) is 95.5 Å². The summed E-state index contributed by atoms with van der Waals surface area (Å²) in [6.07, 6.45) is 8.00. The van der Waals surface area contributed by atoms with Gasteiger partial charge in [0, 0.05) is 17.7 Å². The van der Waals surface area contributed by atoms with Crippen molar-refractivity contribution in [1.29, 1.82) is 0 Å². The van der Waals surface area contributed by atoms with Crippen molar-refractivity contribution in [3.8, 4) is 5.75 Å². The van der Waals surface area contributed by atoms with Crippen LogP contribution < -0.4 is 15.6 Å². The molecule has 4 bridgehead atoms. The highest BCUT2D eigenvalue weighted by molar-refractivity contribution is 9.10. The number of ether oxygens (including phenoxy) is 1. The first-order chi connectivity index (χ1) is 14.8. The van der Waals surface area contributed by atoms with Gasteiger partial charge in [-0.2, -0.15) is 0 Å². The molecule has 4 aliphatic carbocycles. The Morgan fingerprint density at radius 2 is 1.77 bits per heavy atom. The summed E-state index contributed by atoms with van der Waals surface area (Å²) in [7, 11) is 3.49. The lowest BCUT2D eigenvalue weighted by atomic mass is 9.42. The van der Waals surface area contributed by atoms with Gasteiger partial charge in [0.1, 0.15) is 11.4 Å². The van der Waals surface area contributed by atoms with Crippen LogP contribution in [0.25, 0.3) is 0 Å². The lowest BCUT2D eigenvalue weighted by molar-refractivity contribution is -0.149. The summed E-state index contributed by atoms with van der Waals surface area (Å²) in [5.74, 6) is 1.63. The Morgan fingerprint density at radius 3 is 2.35 bits per heavy atom. The number of nitrogens with zero attached hydrogens (tertiary/aromatic N) is 1. The Bertz CT molecular complexity index is 1020. The fourth-order valence-corrected chi connectivity index (χ4v) is 7.39. The summed E-state index contributed by atoms with van der Waals surface area (Å²) >= 11 is 3.38. The zero-order valence-electron chi connectivity index (χ0n) is 17.9. The number of aryl methyl sites for hydroxylation is 1. The minimum absolute atomic E-state index is 0.0406. The van der Waals surface area contributed by atoms with E-state index in [2.05, 4.69) is 38.9 Å². The maximum absolute atomic E-state index is 13.4. The fourth-order valence-electron chi connectivity index (χ4n) is 6.87. The molecule has 2 amide bonds. The van der Waals surface area contributed by atoms with E-state index in [0.29, 0.717) is 17.5 Å². The number of amides is 2. The molecule has 2 aromatic rings. The van der Waals surface area contributed by atoms with Gasteiger partial charge in [-0.25, -0.2) is 0 Å². The van der Waals surface area contributed by atoms with E-state index in [1.807, 2.05) is 18.3 Å². The van der Waals surface area contributed by atoms with Gasteiger partial charge in [0.05, 0.1) is 12.5 Å². The second-order valence-electron chi connectivity index (χ2n) is 9.81. The topological polar surface area (TPSA) is 72.4 Å². The summed E-state index contributed by atoms with van der Waals surface area (Å²) in [5.41, 5.74) is 6.86. The molecule has 2 unspecified atom stereocenters. The highest BCUT2D eigenvalue weighted by Gasteiger charge is 2.61. The van der Waals surface area contributed by atoms with Crippen molar-refractivity contribution in [1.82, 2.24) is 15.4 Å². The van der Waals surface area contributed by atoms with Crippen molar-refractivity contribution in [3.63, 3.8) is 0 Å². The molecule has 0 aliphatic heterocycles. The van der Waals surface area contributed by atoms with Crippen molar-refractivity contribution in [2.75, 3.05) is 7.11 Å². The van der Waals surface area contributed by atoms with Crippen LogP contribution in [-0.4, -0.2) is 23.5 Å². The SMILES string of the molecule is COc1ccc(C23CC4CC(CC(C(=O)NNC(=O)c5cc(Br)cn5C)(C4)C2)C3)cc1. The number of hydrogen-bond donors (Lipinski definition) is 2. The number of carbonyl (C=O) groups is 2. The monoisotopic (exact) mass is 485 g/mol. The molecule has 6 nitrogen and oxygen atoms in total. The van der Waals surface area contributed by atoms with Gasteiger partial charge in [0.25, 0.3) is 5.91 Å². The molecule has 164 valence electrons. The lowest BCUT2D eigenvalue weighted by Gasteiger charge is -2.61. The Kier molecular flexibility index (Phi) is 4.92. The maximum atomic E-state index is 13.4. The normalized spacial score (nSPS) is 30.8. The molecule has 4 fully saturated rings. The molecule has 1 aromatic heterocycles. The van der Waals surface area contributed by atoms with Crippen LogP contribution in [0.4, 0.5) is 0 Å². The van der Waals surface area contributed by atoms with Crippen molar-refractivity contribution in [2.24, 2.45) is 24.3 Å². The van der Waals surface area contributed by atoms with Crippen LogP contribution in [0.5, 0.6) is 5.75 Å². The van der Waals surface area contributed by atoms with Crippen LogP contribution in [0.2, 0.25) is 0 Å². The molecule has 2 atom stereocenters. The molecule has 0 saturated heterocycles. The van der Waals surface area contributed by atoms with Gasteiger partial charge in [-0.3, -0.25) is 20.4 Å². The summed E-state index contributed by atoms with van der Waals surface area (Å²) in [6.45, 7) is 0. The van der Waals surface area contributed by atoms with Crippen molar-refractivity contribution < 1.29 is 14.3 Å². The molecule has 31 heavy (non-hydrogen) atoms. The summed E-state index contributed by atoms with van der Waals surface area (Å²) in [6, 6.07) is 10.1. The molecule has 4 saturated carbocycles. The Morgan fingerprint density at radius 1 is 1.10 bits per heavy atom. The summed E-state index contributed by atoms with van der Waals surface area (Å²) < 4.78 is 7.90. The third-order valence-electron chi connectivity index (χ3n) is 7.74. The Labute approximate surface area is 190 Å². The van der Waals surface area contributed by atoms with Gasteiger partial charge >= 0.3 is 0 Å². The average molecular weight is 486 g/mol. The molecule has 1 aromatic carbocycles. The number of methoxy groups -OCH3 is 1. The van der Waals surface area contributed by atoms with Crippen LogP contribution in [-0.2, 0) is 17.3 Å². The van der Waals surface area contributed by atoms with E-state index in [-0.39, 0.29) is 17.2 Å². The average Bonchev–Trinajstić information content (AvgIpc) is 3.09. The van der Waals surface area contributed by atoms with E-state index < -0.39 is 5.41 Å². The zero-order valence-corrected chi connectivity index (χ0v) is 19.5. The standard InChI is InChI=1S/C24H28BrN3O3/c1-28-13-18(25)8-20(28)21(29)26-27-22(30)24-11-15-7-16(12-24)10-23(9-15,14-24)17-3-5-19(31-2)6-4-17/h3-6,8,13,15-16H,7,9-12,14H2,1-2H3,(H,26,29)(H,27,30). The van der Waals surface area contributed by atoms with Crippen molar-refractivity contribution in [2.45, 2.75) is 43.9 Å². The molecule has 0 spiro atoms. The third-order valence-corrected chi connectivity index (χ3v) is 8.17. The van der Waals surface area contributed by atoms with Gasteiger partial charge in [0.2, 0.25) is 5.91 Å². The first kappa shape index (κ1) is 20.6. The van der Waals surface area contributed by atoms with Gasteiger partial charge in [0.15, 0.2) is 0 Å². The van der Waals surface area contributed by atoms with E-state index in [9.17, 15) is 9.59 Å². The quantitative estimate of drug-likeness (QED) is 0.640. The van der Waals surface area contributed by atoms with Gasteiger partial charge < -0.3 is 9.30 Å². The van der Waals surface area contributed by atoms with E-state index in [1.54, 1.807) is 24.8 Å². The van der Waals surface area contributed by atoms with Gasteiger partial charge in [-0.15, -0.1) is 0 Å². The zero-order chi connectivity index (χ0) is 21.8. The van der Waals surface area contributed by atoms with Crippen LogP contribution in [0.1, 0.15) is 54.6 Å². The Balaban J connectivity index is 1.35. The molecule has 7 heteroatoms. The number of halogens is 1.